The van der Waals surface area contributed by atoms with Gasteiger partial charge in [0, 0.05) is 32.4 Å². The van der Waals surface area contributed by atoms with Gasteiger partial charge in [-0.15, -0.1) is 0 Å². The number of nitrogens with zero attached hydrogens (tertiary/aromatic N) is 4. The van der Waals surface area contributed by atoms with Gasteiger partial charge in [-0.3, -0.25) is 4.79 Å². The highest BCUT2D eigenvalue weighted by Gasteiger charge is 2.63. The molecule has 3 aliphatic rings. The number of amides is 1. The number of piperidine rings is 1. The molecule has 30 heavy (non-hydrogen) atoms. The number of aryl methyl sites for hydroxylation is 1. The lowest BCUT2D eigenvalue weighted by atomic mass is 9.65. The number of hydrogen-bond acceptors (Lipinski definition) is 4. The summed E-state index contributed by atoms with van der Waals surface area (Å²) in [5.74, 6) is 0.278. The minimum Gasteiger partial charge on any atom is -0.339 e. The highest BCUT2D eigenvalue weighted by atomic mass is 32.2. The van der Waals surface area contributed by atoms with Crippen molar-refractivity contribution in [2.45, 2.75) is 55.6 Å². The Hall–Kier alpha value is -2.19. The van der Waals surface area contributed by atoms with Gasteiger partial charge in [-0.05, 0) is 31.2 Å². The molecule has 1 aromatic heterocycles. The first-order valence-electron chi connectivity index (χ1n) is 10.8. The van der Waals surface area contributed by atoms with E-state index in [4.69, 9.17) is 0 Å². The van der Waals surface area contributed by atoms with Gasteiger partial charge in [-0.2, -0.15) is 4.31 Å². The van der Waals surface area contributed by atoms with E-state index in [0.717, 1.165) is 25.7 Å². The molecule has 2 aliphatic heterocycles. The number of imidazole rings is 1. The molecular formula is C22H28N4O3S. The highest BCUT2D eigenvalue weighted by molar-refractivity contribution is 7.89. The number of likely N-dealkylation sites (tertiary alicyclic amines) is 1. The zero-order chi connectivity index (χ0) is 20.9. The van der Waals surface area contributed by atoms with E-state index in [1.54, 1.807) is 11.6 Å². The standard InChI is InChI=1S/C22H28N4O3S/c1-24-15-19(23-16-24)30(28,29)25-13-9-18(10-14-25)26-20(17-7-3-2-4-8-17)22(21(26)27)11-5-6-12-22/h2-4,7-8,15-16,18,20H,5-6,9-14H2,1H3. The zero-order valence-electron chi connectivity index (χ0n) is 17.3. The Morgan fingerprint density at radius 1 is 1.07 bits per heavy atom. The summed E-state index contributed by atoms with van der Waals surface area (Å²) in [6.07, 6.45) is 8.53. The van der Waals surface area contributed by atoms with Gasteiger partial charge in [0.25, 0.3) is 10.0 Å². The molecule has 1 spiro atoms. The van der Waals surface area contributed by atoms with Crippen molar-refractivity contribution in [2.24, 2.45) is 12.5 Å². The maximum Gasteiger partial charge on any atom is 0.262 e. The minimum absolute atomic E-state index is 0.0871. The summed E-state index contributed by atoms with van der Waals surface area (Å²) in [6.45, 7) is 0.837. The van der Waals surface area contributed by atoms with Gasteiger partial charge < -0.3 is 9.47 Å². The predicted octanol–water partition coefficient (Wildman–Crippen LogP) is 2.72. The van der Waals surface area contributed by atoms with E-state index in [0.29, 0.717) is 25.9 Å². The Bertz CT molecular complexity index is 1040. The van der Waals surface area contributed by atoms with Crippen molar-refractivity contribution in [1.82, 2.24) is 18.8 Å². The molecule has 1 saturated carbocycles. The molecular weight excluding hydrogens is 400 g/mol. The van der Waals surface area contributed by atoms with Crippen LogP contribution in [0.15, 0.2) is 47.9 Å². The van der Waals surface area contributed by atoms with Crippen molar-refractivity contribution >= 4 is 15.9 Å². The van der Waals surface area contributed by atoms with E-state index < -0.39 is 10.0 Å². The van der Waals surface area contributed by atoms with Gasteiger partial charge >= 0.3 is 0 Å². The van der Waals surface area contributed by atoms with Crippen LogP contribution in [0, 0.1) is 5.41 Å². The molecule has 0 radical (unpaired) electrons. The van der Waals surface area contributed by atoms with Crippen LogP contribution in [0.3, 0.4) is 0 Å². The molecule has 1 amide bonds. The summed E-state index contributed by atoms with van der Waals surface area (Å²) in [5.41, 5.74) is 0.973. The van der Waals surface area contributed by atoms with Crippen molar-refractivity contribution < 1.29 is 13.2 Å². The summed E-state index contributed by atoms with van der Waals surface area (Å²) < 4.78 is 28.9. The molecule has 2 saturated heterocycles. The molecule has 3 fully saturated rings. The molecule has 3 heterocycles. The van der Waals surface area contributed by atoms with E-state index in [9.17, 15) is 13.2 Å². The van der Waals surface area contributed by atoms with E-state index in [-0.39, 0.29) is 28.4 Å². The fourth-order valence-corrected chi connectivity index (χ4v) is 7.13. The van der Waals surface area contributed by atoms with Crippen molar-refractivity contribution in [3.05, 3.63) is 48.4 Å². The summed E-state index contributed by atoms with van der Waals surface area (Å²) in [4.78, 5) is 19.5. The number of sulfonamides is 1. The number of rotatable bonds is 4. The quantitative estimate of drug-likeness (QED) is 0.702. The molecule has 0 bridgehead atoms. The van der Waals surface area contributed by atoms with Crippen LogP contribution in [0.1, 0.15) is 50.1 Å². The van der Waals surface area contributed by atoms with Crippen LogP contribution in [0.25, 0.3) is 0 Å². The molecule has 7 nitrogen and oxygen atoms in total. The third-order valence-corrected chi connectivity index (χ3v) is 8.96. The monoisotopic (exact) mass is 428 g/mol. The average Bonchev–Trinajstić information content (AvgIpc) is 3.43. The minimum atomic E-state index is -3.58. The Morgan fingerprint density at radius 3 is 2.33 bits per heavy atom. The molecule has 0 N–H and O–H groups in total. The molecule has 5 rings (SSSR count). The van der Waals surface area contributed by atoms with Crippen LogP contribution < -0.4 is 0 Å². The molecule has 1 aliphatic carbocycles. The van der Waals surface area contributed by atoms with Crippen LogP contribution in [0.5, 0.6) is 0 Å². The normalized spacial score (nSPS) is 25.0. The van der Waals surface area contributed by atoms with E-state index >= 15 is 0 Å². The van der Waals surface area contributed by atoms with Gasteiger partial charge in [0.1, 0.15) is 0 Å². The van der Waals surface area contributed by atoms with Crippen LogP contribution in [-0.2, 0) is 21.9 Å². The topological polar surface area (TPSA) is 75.5 Å². The van der Waals surface area contributed by atoms with Crippen LogP contribution in [-0.4, -0.2) is 52.2 Å². The largest absolute Gasteiger partial charge is 0.339 e. The highest BCUT2D eigenvalue weighted by Crippen LogP contribution is 2.60. The lowest BCUT2D eigenvalue weighted by molar-refractivity contribution is -0.180. The van der Waals surface area contributed by atoms with E-state index in [2.05, 4.69) is 22.0 Å². The number of hydrogen-bond donors (Lipinski definition) is 0. The second kappa shape index (κ2) is 7.20. The molecule has 1 aromatic carbocycles. The first kappa shape index (κ1) is 19.8. The summed E-state index contributed by atoms with van der Waals surface area (Å²) in [6, 6.07) is 10.6. The van der Waals surface area contributed by atoms with Crippen LogP contribution in [0.4, 0.5) is 0 Å². The van der Waals surface area contributed by atoms with Crippen molar-refractivity contribution in [3.8, 4) is 0 Å². The number of benzene rings is 1. The lowest BCUT2D eigenvalue weighted by Gasteiger charge is -2.59. The van der Waals surface area contributed by atoms with E-state index in [1.165, 1.54) is 22.4 Å². The Morgan fingerprint density at radius 2 is 1.73 bits per heavy atom. The van der Waals surface area contributed by atoms with E-state index in [1.807, 2.05) is 18.2 Å². The maximum absolute atomic E-state index is 13.4. The van der Waals surface area contributed by atoms with Crippen molar-refractivity contribution in [3.63, 3.8) is 0 Å². The number of carbonyl (C=O) groups is 1. The second-order valence-corrected chi connectivity index (χ2v) is 10.8. The second-order valence-electron chi connectivity index (χ2n) is 8.90. The molecule has 160 valence electrons. The first-order valence-corrected chi connectivity index (χ1v) is 12.2. The summed E-state index contributed by atoms with van der Waals surface area (Å²) in [7, 11) is -1.82. The molecule has 1 unspecified atom stereocenters. The SMILES string of the molecule is Cn1cnc(S(=O)(=O)N2CCC(N3C(=O)C4(CCCC4)C3c3ccccc3)CC2)c1. The molecule has 1 atom stereocenters. The number of β-lactam (4-membered cyclic amide) rings is 1. The van der Waals surface area contributed by atoms with Gasteiger partial charge in [-0.25, -0.2) is 13.4 Å². The van der Waals surface area contributed by atoms with Crippen LogP contribution in [0.2, 0.25) is 0 Å². The van der Waals surface area contributed by atoms with Gasteiger partial charge in [-0.1, -0.05) is 43.2 Å². The summed E-state index contributed by atoms with van der Waals surface area (Å²) >= 11 is 0. The average molecular weight is 429 g/mol. The third kappa shape index (κ3) is 2.92. The zero-order valence-corrected chi connectivity index (χ0v) is 18.1. The van der Waals surface area contributed by atoms with Crippen LogP contribution >= 0.6 is 0 Å². The molecule has 8 heteroatoms. The first-order chi connectivity index (χ1) is 14.4. The van der Waals surface area contributed by atoms with Gasteiger partial charge in [0.2, 0.25) is 5.91 Å². The predicted molar refractivity (Wildman–Crippen MR) is 112 cm³/mol. The fraction of sp³-hybridized carbons (Fsp3) is 0.545. The van der Waals surface area contributed by atoms with Crippen molar-refractivity contribution in [2.75, 3.05) is 13.1 Å². The summed E-state index contributed by atoms with van der Waals surface area (Å²) in [5, 5.41) is 0.0931. The smallest absolute Gasteiger partial charge is 0.262 e. The Balaban J connectivity index is 1.35. The maximum atomic E-state index is 13.4. The number of aromatic nitrogens is 2. The van der Waals surface area contributed by atoms with Gasteiger partial charge in [0.15, 0.2) is 5.03 Å². The third-order valence-electron chi connectivity index (χ3n) is 7.18. The lowest BCUT2D eigenvalue weighted by Crippen LogP contribution is -2.66. The number of carbonyl (C=O) groups excluding carboxylic acids is 1. The van der Waals surface area contributed by atoms with Gasteiger partial charge in [0.05, 0.1) is 17.8 Å². The Labute approximate surface area is 177 Å². The fourth-order valence-electron chi connectivity index (χ4n) is 5.69. The van der Waals surface area contributed by atoms with Crippen molar-refractivity contribution in [1.29, 1.82) is 0 Å². The Kier molecular flexibility index (Phi) is 4.74. The molecule has 2 aromatic rings.